The van der Waals surface area contributed by atoms with Gasteiger partial charge in [0.25, 0.3) is 0 Å². The maximum atomic E-state index is 3.75. The van der Waals surface area contributed by atoms with Gasteiger partial charge in [-0.2, -0.15) is 0 Å². The van der Waals surface area contributed by atoms with Crippen molar-refractivity contribution in [3.63, 3.8) is 0 Å². The van der Waals surface area contributed by atoms with Crippen LogP contribution in [0.2, 0.25) is 0 Å². The third kappa shape index (κ3) is 4.39. The van der Waals surface area contributed by atoms with E-state index in [-0.39, 0.29) is 0 Å². The summed E-state index contributed by atoms with van der Waals surface area (Å²) >= 11 is 0. The first-order valence-corrected chi connectivity index (χ1v) is 8.66. The van der Waals surface area contributed by atoms with Crippen LogP contribution in [0.5, 0.6) is 0 Å². The SMILES string of the molecule is CCc1cc(C)c(NC(C)CC)c(CC)c1NC(C)CC. The lowest BCUT2D eigenvalue weighted by Gasteiger charge is -2.26. The van der Waals surface area contributed by atoms with Gasteiger partial charge in [-0.15, -0.1) is 0 Å². The summed E-state index contributed by atoms with van der Waals surface area (Å²) in [5.41, 5.74) is 6.98. The molecular formula is C19H34N2. The highest BCUT2D eigenvalue weighted by Crippen LogP contribution is 2.34. The lowest BCUT2D eigenvalue weighted by molar-refractivity contribution is 0.753. The number of aryl methyl sites for hydroxylation is 2. The van der Waals surface area contributed by atoms with Crippen molar-refractivity contribution >= 4 is 11.4 Å². The molecule has 0 radical (unpaired) electrons. The van der Waals surface area contributed by atoms with Crippen LogP contribution in [0.3, 0.4) is 0 Å². The molecule has 0 bridgehead atoms. The van der Waals surface area contributed by atoms with Crippen molar-refractivity contribution in [2.45, 2.75) is 86.2 Å². The molecule has 0 aliphatic rings. The first kappa shape index (κ1) is 17.9. The lowest BCUT2D eigenvalue weighted by Crippen LogP contribution is -2.20. The largest absolute Gasteiger partial charge is 0.382 e. The summed E-state index contributed by atoms with van der Waals surface area (Å²) in [6, 6.07) is 3.38. The van der Waals surface area contributed by atoms with Crippen LogP contribution < -0.4 is 10.6 Å². The van der Waals surface area contributed by atoms with Crippen molar-refractivity contribution in [3.05, 3.63) is 22.8 Å². The van der Waals surface area contributed by atoms with E-state index >= 15 is 0 Å². The number of nitrogens with one attached hydrogen (secondary N) is 2. The molecule has 2 unspecified atom stereocenters. The Labute approximate surface area is 131 Å². The number of anilines is 2. The van der Waals surface area contributed by atoms with Crippen molar-refractivity contribution in [2.75, 3.05) is 10.6 Å². The highest BCUT2D eigenvalue weighted by molar-refractivity contribution is 5.73. The average molecular weight is 290 g/mol. The van der Waals surface area contributed by atoms with E-state index in [1.54, 1.807) is 0 Å². The van der Waals surface area contributed by atoms with E-state index in [2.05, 4.69) is 65.2 Å². The van der Waals surface area contributed by atoms with Crippen LogP contribution in [0.15, 0.2) is 6.07 Å². The molecule has 0 aliphatic carbocycles. The molecule has 0 saturated heterocycles. The molecule has 1 aromatic rings. The molecular weight excluding hydrogens is 256 g/mol. The van der Waals surface area contributed by atoms with Crippen LogP contribution in [-0.4, -0.2) is 12.1 Å². The van der Waals surface area contributed by atoms with Gasteiger partial charge in [-0.1, -0.05) is 33.8 Å². The molecule has 0 heterocycles. The molecule has 120 valence electrons. The van der Waals surface area contributed by atoms with Gasteiger partial charge in [0.1, 0.15) is 0 Å². The van der Waals surface area contributed by atoms with Crippen LogP contribution in [-0.2, 0) is 12.8 Å². The minimum absolute atomic E-state index is 0.512. The molecule has 0 aromatic heterocycles. The molecule has 2 atom stereocenters. The van der Waals surface area contributed by atoms with Gasteiger partial charge in [-0.05, 0) is 63.1 Å². The highest BCUT2D eigenvalue weighted by Gasteiger charge is 2.16. The van der Waals surface area contributed by atoms with E-state index in [0.29, 0.717) is 12.1 Å². The number of benzene rings is 1. The monoisotopic (exact) mass is 290 g/mol. The van der Waals surface area contributed by atoms with Crippen LogP contribution >= 0.6 is 0 Å². The number of hydrogen-bond donors (Lipinski definition) is 2. The number of rotatable bonds is 8. The van der Waals surface area contributed by atoms with Gasteiger partial charge in [0, 0.05) is 23.5 Å². The van der Waals surface area contributed by atoms with Gasteiger partial charge in [0.05, 0.1) is 0 Å². The van der Waals surface area contributed by atoms with Crippen molar-refractivity contribution < 1.29 is 0 Å². The van der Waals surface area contributed by atoms with Gasteiger partial charge in [0.2, 0.25) is 0 Å². The molecule has 1 aromatic carbocycles. The molecule has 2 nitrogen and oxygen atoms in total. The van der Waals surface area contributed by atoms with Crippen molar-refractivity contribution in [3.8, 4) is 0 Å². The predicted octanol–water partition coefficient (Wildman–Crippen LogP) is 5.54. The van der Waals surface area contributed by atoms with E-state index < -0.39 is 0 Å². The first-order chi connectivity index (χ1) is 9.98. The molecule has 0 amide bonds. The van der Waals surface area contributed by atoms with Crippen LogP contribution in [0.1, 0.15) is 71.1 Å². The minimum atomic E-state index is 0.512. The van der Waals surface area contributed by atoms with Gasteiger partial charge < -0.3 is 10.6 Å². The Bertz CT molecular complexity index is 451. The molecule has 21 heavy (non-hydrogen) atoms. The van der Waals surface area contributed by atoms with E-state index in [1.807, 2.05) is 0 Å². The quantitative estimate of drug-likeness (QED) is 0.656. The Balaban J connectivity index is 3.33. The van der Waals surface area contributed by atoms with Gasteiger partial charge in [-0.3, -0.25) is 0 Å². The first-order valence-electron chi connectivity index (χ1n) is 8.66. The van der Waals surface area contributed by atoms with Crippen LogP contribution in [0.4, 0.5) is 11.4 Å². The summed E-state index contributed by atoms with van der Waals surface area (Å²) in [6.45, 7) is 15.7. The summed E-state index contributed by atoms with van der Waals surface area (Å²) < 4.78 is 0. The summed E-state index contributed by atoms with van der Waals surface area (Å²) in [5.74, 6) is 0. The Morgan fingerprint density at radius 3 is 1.81 bits per heavy atom. The Kier molecular flexibility index (Phi) is 7.07. The van der Waals surface area contributed by atoms with E-state index in [1.165, 1.54) is 28.1 Å². The third-order valence-electron chi connectivity index (χ3n) is 4.45. The molecule has 2 N–H and O–H groups in total. The lowest BCUT2D eigenvalue weighted by atomic mass is 9.95. The molecule has 0 spiro atoms. The fourth-order valence-electron chi connectivity index (χ4n) is 2.67. The smallest absolute Gasteiger partial charge is 0.0428 e. The fourth-order valence-corrected chi connectivity index (χ4v) is 2.67. The molecule has 0 fully saturated rings. The molecule has 2 heteroatoms. The Hall–Kier alpha value is -1.18. The Morgan fingerprint density at radius 1 is 0.857 bits per heavy atom. The predicted molar refractivity (Wildman–Crippen MR) is 96.7 cm³/mol. The van der Waals surface area contributed by atoms with E-state index in [9.17, 15) is 0 Å². The summed E-state index contributed by atoms with van der Waals surface area (Å²) in [6.07, 6.45) is 4.43. The van der Waals surface area contributed by atoms with Crippen molar-refractivity contribution in [1.29, 1.82) is 0 Å². The molecule has 0 saturated carbocycles. The fraction of sp³-hybridized carbons (Fsp3) is 0.684. The second-order valence-corrected chi connectivity index (χ2v) is 6.20. The maximum absolute atomic E-state index is 3.75. The van der Waals surface area contributed by atoms with Crippen LogP contribution in [0.25, 0.3) is 0 Å². The molecule has 0 aliphatic heterocycles. The van der Waals surface area contributed by atoms with E-state index in [0.717, 1.165) is 25.7 Å². The highest BCUT2D eigenvalue weighted by atomic mass is 14.9. The maximum Gasteiger partial charge on any atom is 0.0428 e. The van der Waals surface area contributed by atoms with Gasteiger partial charge >= 0.3 is 0 Å². The normalized spacial score (nSPS) is 13.9. The Morgan fingerprint density at radius 2 is 1.38 bits per heavy atom. The zero-order chi connectivity index (χ0) is 16.0. The summed E-state index contributed by atoms with van der Waals surface area (Å²) in [4.78, 5) is 0. The topological polar surface area (TPSA) is 24.1 Å². The minimum Gasteiger partial charge on any atom is -0.382 e. The van der Waals surface area contributed by atoms with E-state index in [4.69, 9.17) is 0 Å². The van der Waals surface area contributed by atoms with Gasteiger partial charge in [0.15, 0.2) is 0 Å². The standard InChI is InChI=1S/C19H34N2/c1-8-14(6)20-18-13(5)12-16(10-3)19(17(18)11-4)21-15(7)9-2/h12,14-15,20-21H,8-11H2,1-7H3. The van der Waals surface area contributed by atoms with Crippen molar-refractivity contribution in [1.82, 2.24) is 0 Å². The second kappa shape index (κ2) is 8.31. The average Bonchev–Trinajstić information content (AvgIpc) is 2.49. The zero-order valence-electron chi connectivity index (χ0n) is 15.1. The van der Waals surface area contributed by atoms with Gasteiger partial charge in [-0.25, -0.2) is 0 Å². The second-order valence-electron chi connectivity index (χ2n) is 6.20. The summed E-state index contributed by atoms with van der Waals surface area (Å²) in [7, 11) is 0. The third-order valence-corrected chi connectivity index (χ3v) is 4.45. The number of hydrogen-bond acceptors (Lipinski definition) is 2. The summed E-state index contributed by atoms with van der Waals surface area (Å²) in [5, 5.41) is 7.47. The van der Waals surface area contributed by atoms with Crippen molar-refractivity contribution in [2.24, 2.45) is 0 Å². The van der Waals surface area contributed by atoms with Crippen LogP contribution in [0, 0.1) is 6.92 Å². The zero-order valence-corrected chi connectivity index (χ0v) is 15.1. The molecule has 1 rings (SSSR count).